The fourth-order valence-corrected chi connectivity index (χ4v) is 6.21. The molecule has 2 aliphatic rings. The molecule has 2 amide bonds. The Kier molecular flexibility index (Phi) is 7.97. The molecule has 0 aromatic carbocycles. The smallest absolute Gasteiger partial charge is 0.248 e. The van der Waals surface area contributed by atoms with E-state index in [1.165, 1.54) is 31.3 Å². The maximum absolute atomic E-state index is 13.5. The molecular formula is C25H32N2O2S2. The van der Waals surface area contributed by atoms with Crippen molar-refractivity contribution in [1.82, 2.24) is 10.2 Å². The second-order valence-electron chi connectivity index (χ2n) is 8.61. The standard InChI is InChI=1S/C25H32N2O2S2/c28-23(18-21-12-6-16-30-21)27(15-14-19-8-2-1-3-9-19)24(22-13-7-17-31-22)25(29)26-20-10-4-5-11-20/h6-8,12-13,16-17,20,24H,1-5,9-11,14-15,18H2,(H,26,29). The Balaban J connectivity index is 1.56. The summed E-state index contributed by atoms with van der Waals surface area (Å²) in [7, 11) is 0. The molecule has 0 radical (unpaired) electrons. The zero-order chi connectivity index (χ0) is 21.5. The summed E-state index contributed by atoms with van der Waals surface area (Å²) in [5, 5.41) is 7.26. The van der Waals surface area contributed by atoms with E-state index in [4.69, 9.17) is 0 Å². The van der Waals surface area contributed by atoms with Crippen LogP contribution in [-0.4, -0.2) is 29.3 Å². The van der Waals surface area contributed by atoms with Crippen LogP contribution in [0.25, 0.3) is 0 Å². The van der Waals surface area contributed by atoms with Crippen molar-refractivity contribution in [2.24, 2.45) is 0 Å². The molecule has 166 valence electrons. The lowest BCUT2D eigenvalue weighted by molar-refractivity contribution is -0.140. The molecule has 4 rings (SSSR count). The van der Waals surface area contributed by atoms with Gasteiger partial charge >= 0.3 is 0 Å². The number of amides is 2. The Hall–Kier alpha value is -1.92. The van der Waals surface area contributed by atoms with E-state index in [9.17, 15) is 9.59 Å². The topological polar surface area (TPSA) is 49.4 Å². The highest BCUT2D eigenvalue weighted by Crippen LogP contribution is 2.30. The minimum absolute atomic E-state index is 0.0218. The molecule has 1 saturated carbocycles. The van der Waals surface area contributed by atoms with Gasteiger partial charge in [-0.3, -0.25) is 9.59 Å². The quantitative estimate of drug-likeness (QED) is 0.480. The van der Waals surface area contributed by atoms with Crippen LogP contribution in [0, 0.1) is 0 Å². The van der Waals surface area contributed by atoms with Gasteiger partial charge in [-0.05, 0) is 67.8 Å². The molecule has 1 unspecified atom stereocenters. The van der Waals surface area contributed by atoms with Crippen LogP contribution >= 0.6 is 22.7 Å². The number of rotatable bonds is 9. The molecule has 2 aliphatic carbocycles. The van der Waals surface area contributed by atoms with Crippen LogP contribution in [0.15, 0.2) is 46.7 Å². The fourth-order valence-electron chi connectivity index (χ4n) is 4.68. The van der Waals surface area contributed by atoms with Crippen molar-refractivity contribution in [3.05, 3.63) is 56.4 Å². The molecule has 1 atom stereocenters. The van der Waals surface area contributed by atoms with Crippen LogP contribution in [-0.2, 0) is 16.0 Å². The Morgan fingerprint density at radius 2 is 1.87 bits per heavy atom. The van der Waals surface area contributed by atoms with Gasteiger partial charge in [-0.2, -0.15) is 0 Å². The molecule has 2 aromatic heterocycles. The van der Waals surface area contributed by atoms with Gasteiger partial charge in [0.25, 0.3) is 0 Å². The average molecular weight is 457 g/mol. The summed E-state index contributed by atoms with van der Waals surface area (Å²) < 4.78 is 0. The van der Waals surface area contributed by atoms with Crippen LogP contribution in [0.5, 0.6) is 0 Å². The van der Waals surface area contributed by atoms with Gasteiger partial charge in [0.1, 0.15) is 6.04 Å². The Bertz CT molecular complexity index is 867. The SMILES string of the molecule is O=C(NC1CCCC1)C(c1cccs1)N(CCC1=CCCCC1)C(=O)Cc1cccs1. The molecule has 0 spiro atoms. The molecular weight excluding hydrogens is 424 g/mol. The van der Waals surface area contributed by atoms with Crippen molar-refractivity contribution < 1.29 is 9.59 Å². The number of thiophene rings is 2. The third-order valence-corrected chi connectivity index (χ3v) is 8.16. The Morgan fingerprint density at radius 1 is 1.06 bits per heavy atom. The molecule has 1 N–H and O–H groups in total. The number of allylic oxidation sites excluding steroid dienone is 1. The summed E-state index contributed by atoms with van der Waals surface area (Å²) in [6.07, 6.45) is 12.7. The van der Waals surface area contributed by atoms with Gasteiger partial charge in [0.05, 0.1) is 6.42 Å². The van der Waals surface area contributed by atoms with E-state index < -0.39 is 6.04 Å². The van der Waals surface area contributed by atoms with Gasteiger partial charge < -0.3 is 10.2 Å². The molecule has 31 heavy (non-hydrogen) atoms. The first-order valence-electron chi connectivity index (χ1n) is 11.5. The highest BCUT2D eigenvalue weighted by atomic mass is 32.1. The fraction of sp³-hybridized carbons (Fsp3) is 0.520. The normalized spacial score (nSPS) is 17.9. The predicted octanol–water partition coefficient (Wildman–Crippen LogP) is 5.87. The lowest BCUT2D eigenvalue weighted by Crippen LogP contribution is -2.46. The summed E-state index contributed by atoms with van der Waals surface area (Å²) >= 11 is 3.17. The lowest BCUT2D eigenvalue weighted by Gasteiger charge is -2.32. The number of carbonyl (C=O) groups is 2. The first-order valence-corrected chi connectivity index (χ1v) is 13.3. The molecule has 1 fully saturated rings. The average Bonchev–Trinajstić information content (AvgIpc) is 3.55. The molecule has 0 aliphatic heterocycles. The zero-order valence-electron chi connectivity index (χ0n) is 18.1. The highest BCUT2D eigenvalue weighted by Gasteiger charge is 2.33. The summed E-state index contributed by atoms with van der Waals surface area (Å²) in [5.41, 5.74) is 1.43. The van der Waals surface area contributed by atoms with E-state index >= 15 is 0 Å². The van der Waals surface area contributed by atoms with E-state index in [1.807, 2.05) is 39.9 Å². The molecule has 2 heterocycles. The second-order valence-corrected chi connectivity index (χ2v) is 10.6. The van der Waals surface area contributed by atoms with Gasteiger partial charge in [0, 0.05) is 22.3 Å². The third-order valence-electron chi connectivity index (χ3n) is 6.36. The van der Waals surface area contributed by atoms with Crippen LogP contribution in [0.2, 0.25) is 0 Å². The number of carbonyl (C=O) groups excluding carboxylic acids is 2. The maximum Gasteiger partial charge on any atom is 0.248 e. The largest absolute Gasteiger partial charge is 0.351 e. The monoisotopic (exact) mass is 456 g/mol. The van der Waals surface area contributed by atoms with E-state index in [0.29, 0.717) is 13.0 Å². The second kappa shape index (κ2) is 11.1. The van der Waals surface area contributed by atoms with Crippen molar-refractivity contribution in [1.29, 1.82) is 0 Å². The van der Waals surface area contributed by atoms with Gasteiger partial charge in [-0.25, -0.2) is 0 Å². The Labute approximate surface area is 193 Å². The summed E-state index contributed by atoms with van der Waals surface area (Å²) in [6.45, 7) is 0.594. The van der Waals surface area contributed by atoms with E-state index in [-0.39, 0.29) is 17.9 Å². The van der Waals surface area contributed by atoms with Crippen LogP contribution in [0.3, 0.4) is 0 Å². The third kappa shape index (κ3) is 6.07. The van der Waals surface area contributed by atoms with Crippen molar-refractivity contribution >= 4 is 34.5 Å². The van der Waals surface area contributed by atoms with Crippen molar-refractivity contribution in [2.75, 3.05) is 6.54 Å². The van der Waals surface area contributed by atoms with Gasteiger partial charge in [0.2, 0.25) is 11.8 Å². The lowest BCUT2D eigenvalue weighted by atomic mass is 9.96. The van der Waals surface area contributed by atoms with Gasteiger partial charge in [0.15, 0.2) is 0 Å². The number of hydrogen-bond acceptors (Lipinski definition) is 4. The summed E-state index contributed by atoms with van der Waals surface area (Å²) in [5.74, 6) is 0.0188. The number of nitrogens with one attached hydrogen (secondary N) is 1. The first kappa shape index (κ1) is 22.3. The van der Waals surface area contributed by atoms with Crippen LogP contribution in [0.1, 0.15) is 73.6 Å². The Morgan fingerprint density at radius 3 is 2.55 bits per heavy atom. The molecule has 0 saturated heterocycles. The molecule has 6 heteroatoms. The van der Waals surface area contributed by atoms with E-state index in [2.05, 4.69) is 11.4 Å². The summed E-state index contributed by atoms with van der Waals surface area (Å²) in [6, 6.07) is 7.65. The van der Waals surface area contributed by atoms with Gasteiger partial charge in [-0.15, -0.1) is 22.7 Å². The van der Waals surface area contributed by atoms with Crippen molar-refractivity contribution in [3.63, 3.8) is 0 Å². The van der Waals surface area contributed by atoms with Crippen LogP contribution in [0.4, 0.5) is 0 Å². The minimum atomic E-state index is -0.544. The highest BCUT2D eigenvalue weighted by molar-refractivity contribution is 7.10. The van der Waals surface area contributed by atoms with Crippen LogP contribution < -0.4 is 5.32 Å². The predicted molar refractivity (Wildman–Crippen MR) is 128 cm³/mol. The van der Waals surface area contributed by atoms with E-state index in [1.54, 1.807) is 22.7 Å². The molecule has 0 bridgehead atoms. The maximum atomic E-state index is 13.5. The first-order chi connectivity index (χ1) is 15.2. The van der Waals surface area contributed by atoms with Crippen molar-refractivity contribution in [3.8, 4) is 0 Å². The minimum Gasteiger partial charge on any atom is -0.351 e. The molecule has 4 nitrogen and oxygen atoms in total. The molecule has 2 aromatic rings. The van der Waals surface area contributed by atoms with Crippen molar-refractivity contribution in [2.45, 2.75) is 76.3 Å². The number of nitrogens with zero attached hydrogens (tertiary/aromatic N) is 1. The summed E-state index contributed by atoms with van der Waals surface area (Å²) in [4.78, 5) is 30.8. The number of hydrogen-bond donors (Lipinski definition) is 1. The van der Waals surface area contributed by atoms with Gasteiger partial charge in [-0.1, -0.05) is 36.6 Å². The van der Waals surface area contributed by atoms with E-state index in [0.717, 1.165) is 41.9 Å². The zero-order valence-corrected chi connectivity index (χ0v) is 19.7.